The zero-order valence-corrected chi connectivity index (χ0v) is 13.2. The molecule has 4 aliphatic carbocycles. The molecule has 0 spiro atoms. The maximum Gasteiger partial charge on any atom is 0.437 e. The molecule has 0 radical (unpaired) electrons. The SMILES string of the molecule is Cc1nn(Cc2nc(C34CC5CC(CC(C5)C3)C4)no2)c(=O)o1. The topological polar surface area (TPSA) is 87.0 Å². The van der Waals surface area contributed by atoms with E-state index in [1.807, 2.05) is 0 Å². The van der Waals surface area contributed by atoms with Crippen LogP contribution in [0.3, 0.4) is 0 Å². The van der Waals surface area contributed by atoms with Crippen LogP contribution in [-0.4, -0.2) is 19.9 Å². The van der Waals surface area contributed by atoms with Crippen LogP contribution < -0.4 is 5.76 Å². The van der Waals surface area contributed by atoms with Crippen LogP contribution in [0.5, 0.6) is 0 Å². The van der Waals surface area contributed by atoms with Crippen molar-refractivity contribution in [3.8, 4) is 0 Å². The van der Waals surface area contributed by atoms with Crippen LogP contribution in [0.25, 0.3) is 0 Å². The molecule has 4 saturated carbocycles. The van der Waals surface area contributed by atoms with Crippen molar-refractivity contribution in [3.05, 3.63) is 28.2 Å². The first kappa shape index (κ1) is 13.5. The smallest absolute Gasteiger partial charge is 0.393 e. The normalized spacial score (nSPS) is 35.1. The highest BCUT2D eigenvalue weighted by atomic mass is 16.5. The van der Waals surface area contributed by atoms with E-state index in [0.29, 0.717) is 11.8 Å². The Morgan fingerprint density at radius 1 is 1.17 bits per heavy atom. The van der Waals surface area contributed by atoms with E-state index in [-0.39, 0.29) is 12.0 Å². The summed E-state index contributed by atoms with van der Waals surface area (Å²) in [6.07, 6.45) is 7.75. The van der Waals surface area contributed by atoms with Crippen molar-refractivity contribution in [3.63, 3.8) is 0 Å². The lowest BCUT2D eigenvalue weighted by molar-refractivity contribution is -0.0103. The maximum atomic E-state index is 11.6. The molecule has 6 rings (SSSR count). The highest BCUT2D eigenvalue weighted by Crippen LogP contribution is 2.60. The van der Waals surface area contributed by atoms with E-state index in [1.165, 1.54) is 43.2 Å². The summed E-state index contributed by atoms with van der Waals surface area (Å²) in [7, 11) is 0. The van der Waals surface area contributed by atoms with E-state index >= 15 is 0 Å². The summed E-state index contributed by atoms with van der Waals surface area (Å²) in [5.41, 5.74) is 0.112. The van der Waals surface area contributed by atoms with Gasteiger partial charge in [-0.1, -0.05) is 5.16 Å². The Hall–Kier alpha value is -1.92. The van der Waals surface area contributed by atoms with Crippen LogP contribution in [-0.2, 0) is 12.0 Å². The van der Waals surface area contributed by atoms with E-state index in [9.17, 15) is 4.79 Å². The van der Waals surface area contributed by atoms with Gasteiger partial charge in [-0.25, -0.2) is 4.79 Å². The molecule has 0 unspecified atom stereocenters. The first-order valence-electron chi connectivity index (χ1n) is 8.47. The van der Waals surface area contributed by atoms with E-state index < -0.39 is 5.76 Å². The van der Waals surface area contributed by atoms with Gasteiger partial charge in [0.1, 0.15) is 6.54 Å². The van der Waals surface area contributed by atoms with Gasteiger partial charge in [-0.2, -0.15) is 9.67 Å². The van der Waals surface area contributed by atoms with Crippen LogP contribution in [0.15, 0.2) is 13.7 Å². The molecule has 2 aromatic heterocycles. The summed E-state index contributed by atoms with van der Waals surface area (Å²) in [6, 6.07) is 0. The third-order valence-corrected chi connectivity index (χ3v) is 5.97. The van der Waals surface area contributed by atoms with Gasteiger partial charge in [0.05, 0.1) is 0 Å². The average Bonchev–Trinajstić information content (AvgIpc) is 3.05. The minimum Gasteiger partial charge on any atom is -0.393 e. The van der Waals surface area contributed by atoms with Crippen molar-refractivity contribution in [1.29, 1.82) is 0 Å². The second kappa shape index (κ2) is 4.55. The van der Waals surface area contributed by atoms with Gasteiger partial charge in [-0.05, 0) is 56.3 Å². The van der Waals surface area contributed by atoms with Gasteiger partial charge in [0.25, 0.3) is 0 Å². The van der Waals surface area contributed by atoms with E-state index in [2.05, 4.69) is 15.2 Å². The molecule has 0 amide bonds. The van der Waals surface area contributed by atoms with Crippen molar-refractivity contribution < 1.29 is 8.94 Å². The molecule has 23 heavy (non-hydrogen) atoms. The first-order chi connectivity index (χ1) is 11.1. The molecular formula is C16H20N4O3. The highest BCUT2D eigenvalue weighted by Gasteiger charge is 2.53. The largest absolute Gasteiger partial charge is 0.437 e. The highest BCUT2D eigenvalue weighted by molar-refractivity contribution is 5.16. The fourth-order valence-corrected chi connectivity index (χ4v) is 5.56. The molecule has 2 aromatic rings. The molecule has 0 N–H and O–H groups in total. The number of hydrogen-bond acceptors (Lipinski definition) is 6. The molecule has 122 valence electrons. The Kier molecular flexibility index (Phi) is 2.67. The molecule has 7 nitrogen and oxygen atoms in total. The summed E-state index contributed by atoms with van der Waals surface area (Å²) in [5, 5.41) is 8.30. The fourth-order valence-electron chi connectivity index (χ4n) is 5.56. The molecule has 0 atom stereocenters. The summed E-state index contributed by atoms with van der Waals surface area (Å²) >= 11 is 0. The average molecular weight is 316 g/mol. The van der Waals surface area contributed by atoms with Crippen LogP contribution in [0, 0.1) is 24.7 Å². The molecule has 7 heteroatoms. The van der Waals surface area contributed by atoms with Crippen molar-refractivity contribution in [2.24, 2.45) is 17.8 Å². The molecule has 4 bridgehead atoms. The Morgan fingerprint density at radius 2 is 1.83 bits per heavy atom. The fraction of sp³-hybridized carbons (Fsp3) is 0.750. The van der Waals surface area contributed by atoms with E-state index in [4.69, 9.17) is 8.94 Å². The van der Waals surface area contributed by atoms with Crippen molar-refractivity contribution in [1.82, 2.24) is 19.9 Å². The van der Waals surface area contributed by atoms with E-state index in [1.54, 1.807) is 6.92 Å². The number of rotatable bonds is 3. The Balaban J connectivity index is 1.43. The predicted octanol–water partition coefficient (Wildman–Crippen LogP) is 2.04. The Bertz CT molecular complexity index is 767. The molecule has 0 aromatic carbocycles. The second-order valence-corrected chi connectivity index (χ2v) is 7.75. The molecule has 0 saturated heterocycles. The van der Waals surface area contributed by atoms with Gasteiger partial charge in [-0.3, -0.25) is 0 Å². The Labute approximate surface area is 133 Å². The zero-order chi connectivity index (χ0) is 15.6. The van der Waals surface area contributed by atoms with Gasteiger partial charge >= 0.3 is 5.76 Å². The van der Waals surface area contributed by atoms with Crippen LogP contribution in [0.2, 0.25) is 0 Å². The lowest BCUT2D eigenvalue weighted by atomic mass is 9.49. The third kappa shape index (κ3) is 2.09. The number of nitrogens with zero attached hydrogens (tertiary/aromatic N) is 4. The standard InChI is InChI=1S/C16H20N4O3/c1-9-18-20(15(21)22-9)8-13-17-14(19-23-13)16-5-10-2-11(6-16)4-12(3-10)7-16/h10-12H,2-8H2,1H3. The van der Waals surface area contributed by atoms with Crippen molar-refractivity contribution in [2.75, 3.05) is 0 Å². The minimum absolute atomic E-state index is 0.112. The third-order valence-electron chi connectivity index (χ3n) is 5.97. The molecule has 2 heterocycles. The maximum absolute atomic E-state index is 11.6. The predicted molar refractivity (Wildman–Crippen MR) is 78.8 cm³/mol. The van der Waals surface area contributed by atoms with Gasteiger partial charge in [0, 0.05) is 12.3 Å². The van der Waals surface area contributed by atoms with Gasteiger partial charge in [0.15, 0.2) is 5.82 Å². The lowest BCUT2D eigenvalue weighted by Gasteiger charge is -2.55. The quantitative estimate of drug-likeness (QED) is 0.861. The Morgan fingerprint density at radius 3 is 2.39 bits per heavy atom. The monoisotopic (exact) mass is 316 g/mol. The molecule has 0 aliphatic heterocycles. The van der Waals surface area contributed by atoms with Crippen LogP contribution in [0.4, 0.5) is 0 Å². The molecule has 4 aliphatic rings. The summed E-state index contributed by atoms with van der Waals surface area (Å²) in [4.78, 5) is 16.2. The molecular weight excluding hydrogens is 296 g/mol. The van der Waals surface area contributed by atoms with E-state index in [0.717, 1.165) is 23.6 Å². The number of hydrogen-bond donors (Lipinski definition) is 0. The van der Waals surface area contributed by atoms with Crippen LogP contribution >= 0.6 is 0 Å². The lowest BCUT2D eigenvalue weighted by Crippen LogP contribution is -2.49. The summed E-state index contributed by atoms with van der Waals surface area (Å²) < 4.78 is 11.5. The number of aromatic nitrogens is 4. The zero-order valence-electron chi connectivity index (χ0n) is 13.2. The number of aryl methyl sites for hydroxylation is 1. The van der Waals surface area contributed by atoms with Crippen molar-refractivity contribution in [2.45, 2.75) is 57.4 Å². The molecule has 4 fully saturated rings. The van der Waals surface area contributed by atoms with Gasteiger partial charge in [0.2, 0.25) is 11.8 Å². The first-order valence-corrected chi connectivity index (χ1v) is 8.47. The van der Waals surface area contributed by atoms with Gasteiger partial charge in [-0.15, -0.1) is 5.10 Å². The van der Waals surface area contributed by atoms with Crippen LogP contribution in [0.1, 0.15) is 56.1 Å². The minimum atomic E-state index is -0.489. The second-order valence-electron chi connectivity index (χ2n) is 7.75. The summed E-state index contributed by atoms with van der Waals surface area (Å²) in [6.45, 7) is 1.82. The summed E-state index contributed by atoms with van der Waals surface area (Å²) in [5.74, 6) is 3.65. The van der Waals surface area contributed by atoms with Crippen molar-refractivity contribution >= 4 is 0 Å². The van der Waals surface area contributed by atoms with Gasteiger partial charge < -0.3 is 8.94 Å².